The zero-order valence-corrected chi connectivity index (χ0v) is 11.8. The maximum Gasteiger partial charge on any atom is 0.198 e. The molecule has 0 aliphatic rings. The second-order valence-corrected chi connectivity index (χ2v) is 11.8. The van der Waals surface area contributed by atoms with Gasteiger partial charge < -0.3 is 9.79 Å². The highest BCUT2D eigenvalue weighted by atomic mass is 32.9. The fourth-order valence-corrected chi connectivity index (χ4v) is 6.74. The lowest BCUT2D eigenvalue weighted by Crippen LogP contribution is -2.03. The highest BCUT2D eigenvalue weighted by Crippen LogP contribution is 2.47. The zero-order valence-electron chi connectivity index (χ0n) is 9.15. The number of hydrogen-bond donors (Lipinski definition) is 3. The Hall–Kier alpha value is 1.05. The lowest BCUT2D eigenvalue weighted by atomic mass is 10.3. The van der Waals surface area contributed by atoms with Crippen LogP contribution in [0.15, 0.2) is 0 Å². The van der Waals surface area contributed by atoms with E-state index in [-0.39, 0.29) is 10.1 Å². The summed E-state index contributed by atoms with van der Waals surface area (Å²) in [5.41, 5.74) is -2.87. The summed E-state index contributed by atoms with van der Waals surface area (Å²) >= 11 is 3.96. The maximum absolute atomic E-state index is 9.55. The molecule has 0 aliphatic carbocycles. The third-order valence-electron chi connectivity index (χ3n) is 2.06. The molecule has 0 spiro atoms. The first-order valence-corrected chi connectivity index (χ1v) is 10.3. The monoisotopic (exact) mass is 258 g/mol. The molecule has 5 heteroatoms. The van der Waals surface area contributed by atoms with Gasteiger partial charge in [0.15, 0.2) is 5.69 Å². The van der Waals surface area contributed by atoms with Gasteiger partial charge in [0.25, 0.3) is 0 Å². The van der Waals surface area contributed by atoms with Crippen LogP contribution in [0.2, 0.25) is 0 Å². The molecule has 0 saturated heterocycles. The van der Waals surface area contributed by atoms with Crippen LogP contribution in [0.1, 0.15) is 46.0 Å². The van der Waals surface area contributed by atoms with Gasteiger partial charge in [-0.3, -0.25) is 0 Å². The second kappa shape index (κ2) is 8.23. The van der Waals surface area contributed by atoms with Crippen molar-refractivity contribution in [1.82, 2.24) is 0 Å². The van der Waals surface area contributed by atoms with E-state index in [1.54, 1.807) is 0 Å². The lowest BCUT2D eigenvalue weighted by Gasteiger charge is -2.15. The molecule has 0 rings (SSSR count). The lowest BCUT2D eigenvalue weighted by molar-refractivity contribution is 0.502. The minimum atomic E-state index is -2.87. The molecule has 0 aromatic carbocycles. The summed E-state index contributed by atoms with van der Waals surface area (Å²) in [6.45, 7) is 4.28. The van der Waals surface area contributed by atoms with E-state index in [2.05, 4.69) is 26.1 Å². The molecule has 88 valence electrons. The van der Waals surface area contributed by atoms with E-state index in [9.17, 15) is 9.79 Å². The Kier molecular flexibility index (Phi) is 8.85. The molecule has 0 aliphatic heterocycles. The Morgan fingerprint density at radius 3 is 1.93 bits per heavy atom. The minimum absolute atomic E-state index is 0.257. The Bertz CT molecular complexity index is 193. The molecule has 0 aromatic heterocycles. The predicted molar refractivity (Wildman–Crippen MR) is 71.9 cm³/mol. The molecule has 0 amide bonds. The molecule has 0 bridgehead atoms. The van der Waals surface area contributed by atoms with Crippen LogP contribution in [-0.2, 0) is 10.1 Å². The Balaban J connectivity index is 4.14. The number of unbranched alkanes of at least 4 members (excludes halogenated alkanes) is 3. The van der Waals surface area contributed by atoms with Crippen LogP contribution in [0, 0.1) is 0 Å². The summed E-state index contributed by atoms with van der Waals surface area (Å²) in [5.74, 6) is 1.88. The van der Waals surface area contributed by atoms with Crippen molar-refractivity contribution in [2.45, 2.75) is 46.0 Å². The zero-order chi connectivity index (χ0) is 11.0. The van der Waals surface area contributed by atoms with E-state index in [0.717, 1.165) is 30.8 Å². The van der Waals surface area contributed by atoms with E-state index < -0.39 is 5.69 Å². The molecular weight excluding hydrogens is 235 g/mol. The van der Waals surface area contributed by atoms with Crippen LogP contribution in [0.4, 0.5) is 0 Å². The van der Waals surface area contributed by atoms with Gasteiger partial charge >= 0.3 is 0 Å². The topological polar surface area (TPSA) is 40.5 Å². The summed E-state index contributed by atoms with van der Waals surface area (Å²) < 4.78 is 0. The highest BCUT2D eigenvalue weighted by Gasteiger charge is 2.09. The van der Waals surface area contributed by atoms with Crippen molar-refractivity contribution in [2.75, 3.05) is 11.5 Å². The predicted octanol–water partition coefficient (Wildman–Crippen LogP) is 3.19. The van der Waals surface area contributed by atoms with Crippen LogP contribution < -0.4 is 0 Å². The van der Waals surface area contributed by atoms with Crippen molar-refractivity contribution in [3.05, 3.63) is 0 Å². The molecule has 2 nitrogen and oxygen atoms in total. The van der Waals surface area contributed by atoms with Gasteiger partial charge in [-0.15, -0.1) is 10.1 Å². The third kappa shape index (κ3) is 7.36. The Labute approximate surface area is 95.4 Å². The molecule has 0 saturated carbocycles. The molecule has 2 N–H and O–H groups in total. The summed E-state index contributed by atoms with van der Waals surface area (Å²) in [7, 11) is -0.257. The average molecular weight is 258 g/mol. The van der Waals surface area contributed by atoms with Crippen LogP contribution in [-0.4, -0.2) is 21.3 Å². The summed E-state index contributed by atoms with van der Waals surface area (Å²) in [5, 5.41) is 0. The smallest absolute Gasteiger partial charge is 0.198 e. The van der Waals surface area contributed by atoms with E-state index in [4.69, 9.17) is 0 Å². The third-order valence-corrected chi connectivity index (χ3v) is 9.53. The average Bonchev–Trinajstić information content (AvgIpc) is 2.09. The van der Waals surface area contributed by atoms with Crippen LogP contribution in [0.25, 0.3) is 0 Å². The van der Waals surface area contributed by atoms with Crippen LogP contribution in [0.5, 0.6) is 0 Å². The second-order valence-electron chi connectivity index (χ2n) is 3.44. The fraction of sp³-hybridized carbons (Fsp3) is 1.00. The van der Waals surface area contributed by atoms with Crippen molar-refractivity contribution in [2.24, 2.45) is 0 Å². The van der Waals surface area contributed by atoms with Crippen molar-refractivity contribution >= 4 is 28.0 Å². The number of rotatable bonds is 7. The standard InChI is InChI=1S/C9H23O2PS2/c1-3-5-7-9-14(8-6-4-2)12(10,11)13/h10-11,13H,3-9H2,1-2H3. The normalized spacial score (nSPS) is 14.4. The first-order valence-electron chi connectivity index (χ1n) is 5.27. The summed E-state index contributed by atoms with van der Waals surface area (Å²) in [4.78, 5) is 19.1. The molecule has 1 atom stereocenters. The number of thiol groups is 1. The van der Waals surface area contributed by atoms with Gasteiger partial charge in [0, 0.05) is 0 Å². The Morgan fingerprint density at radius 1 is 1.00 bits per heavy atom. The molecule has 14 heavy (non-hydrogen) atoms. The van der Waals surface area contributed by atoms with Crippen molar-refractivity contribution in [3.8, 4) is 0 Å². The van der Waals surface area contributed by atoms with Crippen LogP contribution >= 0.6 is 17.9 Å². The van der Waals surface area contributed by atoms with Gasteiger partial charge in [0.05, 0.1) is 0 Å². The molecule has 0 heterocycles. The van der Waals surface area contributed by atoms with Gasteiger partial charge in [-0.25, -0.2) is 0 Å². The van der Waals surface area contributed by atoms with E-state index in [1.165, 1.54) is 12.8 Å². The largest absolute Gasteiger partial charge is 0.341 e. The van der Waals surface area contributed by atoms with Crippen molar-refractivity contribution < 1.29 is 9.79 Å². The molecule has 0 radical (unpaired) electrons. The fourth-order valence-electron chi connectivity index (χ4n) is 1.18. The van der Waals surface area contributed by atoms with Gasteiger partial charge in [-0.1, -0.05) is 45.4 Å². The van der Waals surface area contributed by atoms with Gasteiger partial charge in [-0.2, -0.15) is 0 Å². The van der Waals surface area contributed by atoms with Crippen LogP contribution in [0.3, 0.4) is 0 Å². The van der Waals surface area contributed by atoms with Gasteiger partial charge in [0.2, 0.25) is 0 Å². The first kappa shape index (κ1) is 15.0. The van der Waals surface area contributed by atoms with Crippen molar-refractivity contribution in [1.29, 1.82) is 0 Å². The highest BCUT2D eigenvalue weighted by molar-refractivity contribution is 8.65. The van der Waals surface area contributed by atoms with Gasteiger partial charge in [0.1, 0.15) is 0 Å². The molecule has 0 aromatic rings. The summed E-state index contributed by atoms with van der Waals surface area (Å²) in [6.07, 6.45) is 5.67. The van der Waals surface area contributed by atoms with Crippen molar-refractivity contribution in [3.63, 3.8) is 0 Å². The maximum atomic E-state index is 9.55. The van der Waals surface area contributed by atoms with E-state index in [1.807, 2.05) is 0 Å². The molecule has 0 fully saturated rings. The summed E-state index contributed by atoms with van der Waals surface area (Å²) in [6, 6.07) is 0. The molecular formula is C9H23O2PS2. The Morgan fingerprint density at radius 2 is 1.50 bits per heavy atom. The first-order chi connectivity index (χ1) is 6.52. The SMILES string of the molecule is CCCCCS(CCCC)=P(O)(O)S. The van der Waals surface area contributed by atoms with Gasteiger partial charge in [-0.05, 0) is 24.3 Å². The molecule has 1 unspecified atom stereocenters. The van der Waals surface area contributed by atoms with E-state index in [0.29, 0.717) is 0 Å². The minimum Gasteiger partial charge on any atom is -0.341 e. The quantitative estimate of drug-likeness (QED) is 0.373. The number of hydrogen-bond acceptors (Lipinski definition) is 0. The van der Waals surface area contributed by atoms with E-state index >= 15 is 0 Å².